The molecule has 0 unspecified atom stereocenters. The molecule has 1 amide bonds. The van der Waals surface area contributed by atoms with Crippen molar-refractivity contribution in [2.45, 2.75) is 25.3 Å². The molecule has 0 atom stereocenters. The molecule has 0 radical (unpaired) electrons. The third-order valence-corrected chi connectivity index (χ3v) is 4.78. The summed E-state index contributed by atoms with van der Waals surface area (Å²) in [5, 5.41) is 2.82. The first-order chi connectivity index (χ1) is 7.86. The first-order valence-electron chi connectivity index (χ1n) is 5.04. The number of nitrogens with zero attached hydrogens (tertiary/aromatic N) is 1. The number of carbonyl (C=O) groups is 1. The molecular weight excluding hydrogens is 262 g/mol. The number of nitrogens with two attached hydrogens (primary N) is 1. The Morgan fingerprint density at radius 3 is 2.71 bits per heavy atom. The van der Waals surface area contributed by atoms with Crippen LogP contribution in [-0.4, -0.2) is 31.6 Å². The van der Waals surface area contributed by atoms with Crippen molar-refractivity contribution in [3.8, 4) is 0 Å². The standard InChI is InChI=1S/C9H15N3O3S2/c1-6-8(17(14,15)5-3-4-10)12-9(16-6)11-7(2)13/h3-5,10H2,1-2H3,(H,11,12,13). The molecule has 0 saturated heterocycles. The summed E-state index contributed by atoms with van der Waals surface area (Å²) in [6.45, 7) is 3.33. The number of sulfone groups is 1. The molecule has 17 heavy (non-hydrogen) atoms. The lowest BCUT2D eigenvalue weighted by Gasteiger charge is -2.00. The lowest BCUT2D eigenvalue weighted by molar-refractivity contribution is -0.114. The van der Waals surface area contributed by atoms with Crippen molar-refractivity contribution in [3.63, 3.8) is 0 Å². The fourth-order valence-electron chi connectivity index (χ4n) is 1.25. The summed E-state index contributed by atoms with van der Waals surface area (Å²) in [5.74, 6) is -0.294. The smallest absolute Gasteiger partial charge is 0.223 e. The molecule has 3 N–H and O–H groups in total. The number of thiazole rings is 1. The van der Waals surface area contributed by atoms with E-state index in [-0.39, 0.29) is 16.7 Å². The van der Waals surface area contributed by atoms with Gasteiger partial charge >= 0.3 is 0 Å². The monoisotopic (exact) mass is 277 g/mol. The number of aryl methyl sites for hydroxylation is 1. The van der Waals surface area contributed by atoms with E-state index < -0.39 is 9.84 Å². The molecule has 8 heteroatoms. The minimum absolute atomic E-state index is 0.0203. The van der Waals surface area contributed by atoms with Crippen LogP contribution in [0.4, 0.5) is 5.13 Å². The number of aromatic nitrogens is 1. The topological polar surface area (TPSA) is 102 Å². The van der Waals surface area contributed by atoms with Crippen LogP contribution in [0, 0.1) is 6.92 Å². The molecular formula is C9H15N3O3S2. The first kappa shape index (κ1) is 14.1. The molecule has 0 aliphatic heterocycles. The van der Waals surface area contributed by atoms with Gasteiger partial charge in [0.15, 0.2) is 20.0 Å². The third-order valence-electron chi connectivity index (χ3n) is 1.95. The lowest BCUT2D eigenvalue weighted by atomic mass is 10.5. The molecule has 1 aromatic rings. The summed E-state index contributed by atoms with van der Waals surface area (Å²) in [5.41, 5.74) is 5.28. The number of hydrogen-bond donors (Lipinski definition) is 2. The van der Waals surface area contributed by atoms with Gasteiger partial charge in [-0.1, -0.05) is 0 Å². The molecule has 0 aromatic carbocycles. The van der Waals surface area contributed by atoms with Gasteiger partial charge in [-0.2, -0.15) is 0 Å². The number of amides is 1. The molecule has 6 nitrogen and oxygen atoms in total. The van der Waals surface area contributed by atoms with Crippen molar-refractivity contribution in [2.24, 2.45) is 5.73 Å². The van der Waals surface area contributed by atoms with E-state index in [1.165, 1.54) is 6.92 Å². The largest absolute Gasteiger partial charge is 0.330 e. The van der Waals surface area contributed by atoms with Crippen molar-refractivity contribution in [2.75, 3.05) is 17.6 Å². The predicted octanol–water partition coefficient (Wildman–Crippen LogP) is 0.532. The Hall–Kier alpha value is -0.990. The van der Waals surface area contributed by atoms with E-state index in [4.69, 9.17) is 5.73 Å². The van der Waals surface area contributed by atoms with Gasteiger partial charge in [0.2, 0.25) is 5.91 Å². The van der Waals surface area contributed by atoms with Gasteiger partial charge in [-0.25, -0.2) is 13.4 Å². The van der Waals surface area contributed by atoms with Gasteiger partial charge in [-0.3, -0.25) is 4.79 Å². The van der Waals surface area contributed by atoms with Gasteiger partial charge in [-0.05, 0) is 19.9 Å². The summed E-state index contributed by atoms with van der Waals surface area (Å²) in [4.78, 5) is 15.4. The number of carbonyl (C=O) groups excluding carboxylic acids is 1. The molecule has 0 aliphatic rings. The SMILES string of the molecule is CC(=O)Nc1nc(S(=O)(=O)CCCN)c(C)s1. The predicted molar refractivity (Wildman–Crippen MR) is 66.9 cm³/mol. The van der Waals surface area contributed by atoms with Crippen molar-refractivity contribution in [3.05, 3.63) is 4.88 Å². The molecule has 1 rings (SSSR count). The maximum absolute atomic E-state index is 11.9. The summed E-state index contributed by atoms with van der Waals surface area (Å²) >= 11 is 1.15. The fourth-order valence-corrected chi connectivity index (χ4v) is 3.97. The van der Waals surface area contributed by atoms with Crippen LogP contribution >= 0.6 is 11.3 Å². The van der Waals surface area contributed by atoms with E-state index in [1.54, 1.807) is 6.92 Å². The van der Waals surface area contributed by atoms with E-state index in [1.807, 2.05) is 0 Å². The molecule has 1 aromatic heterocycles. The van der Waals surface area contributed by atoms with Gasteiger partial charge in [0, 0.05) is 11.8 Å². The van der Waals surface area contributed by atoms with E-state index in [9.17, 15) is 13.2 Å². The van der Waals surface area contributed by atoms with Gasteiger partial charge < -0.3 is 11.1 Å². The maximum Gasteiger partial charge on any atom is 0.223 e. The highest BCUT2D eigenvalue weighted by Gasteiger charge is 2.21. The molecule has 0 aliphatic carbocycles. The van der Waals surface area contributed by atoms with Crippen molar-refractivity contribution in [1.29, 1.82) is 0 Å². The highest BCUT2D eigenvalue weighted by Crippen LogP contribution is 2.26. The zero-order valence-corrected chi connectivity index (χ0v) is 11.3. The zero-order chi connectivity index (χ0) is 13.1. The highest BCUT2D eigenvalue weighted by atomic mass is 32.2. The van der Waals surface area contributed by atoms with E-state index >= 15 is 0 Å². The third kappa shape index (κ3) is 3.76. The van der Waals surface area contributed by atoms with E-state index in [0.29, 0.717) is 23.0 Å². The van der Waals surface area contributed by atoms with Gasteiger partial charge in [0.25, 0.3) is 0 Å². The zero-order valence-electron chi connectivity index (χ0n) is 9.69. The number of rotatable bonds is 5. The average Bonchev–Trinajstić information content (AvgIpc) is 2.56. The van der Waals surface area contributed by atoms with Crippen molar-refractivity contribution < 1.29 is 13.2 Å². The quantitative estimate of drug-likeness (QED) is 0.817. The van der Waals surface area contributed by atoms with E-state index in [2.05, 4.69) is 10.3 Å². The van der Waals surface area contributed by atoms with Crippen LogP contribution in [0.5, 0.6) is 0 Å². The van der Waals surface area contributed by atoms with Crippen LogP contribution in [0.25, 0.3) is 0 Å². The van der Waals surface area contributed by atoms with Crippen LogP contribution in [0.15, 0.2) is 5.03 Å². The summed E-state index contributed by atoms with van der Waals surface area (Å²) in [6.07, 6.45) is 0.398. The van der Waals surface area contributed by atoms with Crippen molar-refractivity contribution >= 4 is 32.2 Å². The highest BCUT2D eigenvalue weighted by molar-refractivity contribution is 7.91. The summed E-state index contributed by atoms with van der Waals surface area (Å²) < 4.78 is 23.8. The summed E-state index contributed by atoms with van der Waals surface area (Å²) in [7, 11) is -3.40. The minimum Gasteiger partial charge on any atom is -0.330 e. The minimum atomic E-state index is -3.40. The molecule has 0 spiro atoms. The van der Waals surface area contributed by atoms with Crippen LogP contribution in [0.2, 0.25) is 0 Å². The molecule has 0 saturated carbocycles. The van der Waals surface area contributed by atoms with Crippen molar-refractivity contribution in [1.82, 2.24) is 4.98 Å². The second-order valence-electron chi connectivity index (χ2n) is 3.52. The second kappa shape index (κ2) is 5.56. The Bertz CT molecular complexity index is 508. The van der Waals surface area contributed by atoms with Crippen LogP contribution in [0.3, 0.4) is 0 Å². The number of nitrogens with one attached hydrogen (secondary N) is 1. The Balaban J connectivity index is 2.98. The molecule has 0 bridgehead atoms. The summed E-state index contributed by atoms with van der Waals surface area (Å²) in [6, 6.07) is 0. The Labute approximate surface area is 104 Å². The van der Waals surface area contributed by atoms with Gasteiger partial charge in [0.1, 0.15) is 0 Å². The Morgan fingerprint density at radius 2 is 2.18 bits per heavy atom. The molecule has 96 valence electrons. The second-order valence-corrected chi connectivity index (χ2v) is 6.75. The van der Waals surface area contributed by atoms with Gasteiger partial charge in [0.05, 0.1) is 5.75 Å². The van der Waals surface area contributed by atoms with Crippen LogP contribution in [-0.2, 0) is 14.6 Å². The fraction of sp³-hybridized carbons (Fsp3) is 0.556. The Morgan fingerprint density at radius 1 is 1.53 bits per heavy atom. The number of hydrogen-bond acceptors (Lipinski definition) is 6. The first-order valence-corrected chi connectivity index (χ1v) is 7.51. The Kier molecular flexibility index (Phi) is 4.61. The van der Waals surface area contributed by atoms with E-state index in [0.717, 1.165) is 11.3 Å². The van der Waals surface area contributed by atoms with Crippen LogP contribution < -0.4 is 11.1 Å². The average molecular weight is 277 g/mol. The normalized spacial score (nSPS) is 11.5. The lowest BCUT2D eigenvalue weighted by Crippen LogP contribution is -2.13. The maximum atomic E-state index is 11.9. The van der Waals surface area contributed by atoms with Gasteiger partial charge in [-0.15, -0.1) is 11.3 Å². The van der Waals surface area contributed by atoms with Crippen LogP contribution in [0.1, 0.15) is 18.2 Å². The molecule has 1 heterocycles. The molecule has 0 fully saturated rings. The number of anilines is 1.